The van der Waals surface area contributed by atoms with Gasteiger partial charge in [0.1, 0.15) is 16.5 Å². The van der Waals surface area contributed by atoms with Crippen LogP contribution in [0.25, 0.3) is 10.1 Å². The van der Waals surface area contributed by atoms with Crippen molar-refractivity contribution in [3.05, 3.63) is 59.2 Å². The first-order chi connectivity index (χ1) is 11.9. The Morgan fingerprint density at radius 2 is 2.00 bits per heavy atom. The van der Waals surface area contributed by atoms with Gasteiger partial charge in [0.2, 0.25) is 10.0 Å². The zero-order valence-electron chi connectivity index (χ0n) is 13.8. The van der Waals surface area contributed by atoms with Crippen LogP contribution >= 0.6 is 11.3 Å². The number of methoxy groups -OCH3 is 1. The Bertz CT molecular complexity index is 998. The molecule has 1 heterocycles. The minimum Gasteiger partial charge on any atom is -0.495 e. The van der Waals surface area contributed by atoms with Gasteiger partial charge in [0, 0.05) is 10.7 Å². The third kappa shape index (κ3) is 3.84. The van der Waals surface area contributed by atoms with E-state index in [0.717, 1.165) is 17.0 Å². The van der Waals surface area contributed by atoms with E-state index in [4.69, 9.17) is 4.74 Å². The van der Waals surface area contributed by atoms with Gasteiger partial charge in [0.15, 0.2) is 0 Å². The maximum atomic E-state index is 13.5. The third-order valence-corrected chi connectivity index (χ3v) is 6.48. The van der Waals surface area contributed by atoms with Crippen LogP contribution in [0.15, 0.2) is 52.7 Å². The van der Waals surface area contributed by atoms with Crippen molar-refractivity contribution in [2.75, 3.05) is 7.11 Å². The summed E-state index contributed by atoms with van der Waals surface area (Å²) < 4.78 is 47.5. The van der Waals surface area contributed by atoms with E-state index >= 15 is 0 Å². The van der Waals surface area contributed by atoms with Gasteiger partial charge in [-0.05, 0) is 53.9 Å². The topological polar surface area (TPSA) is 55.4 Å². The second-order valence-corrected chi connectivity index (χ2v) is 8.37. The summed E-state index contributed by atoms with van der Waals surface area (Å²) in [5.74, 6) is -0.514. The number of rotatable bonds is 6. The highest BCUT2D eigenvalue weighted by molar-refractivity contribution is 7.89. The molecule has 0 unspecified atom stereocenters. The molecule has 132 valence electrons. The summed E-state index contributed by atoms with van der Waals surface area (Å²) in [6, 6.07) is 11.1. The Kier molecular flexibility index (Phi) is 5.08. The third-order valence-electron chi connectivity index (χ3n) is 3.86. The van der Waals surface area contributed by atoms with Crippen molar-refractivity contribution in [1.29, 1.82) is 0 Å². The Morgan fingerprint density at radius 3 is 2.76 bits per heavy atom. The SMILES string of the molecule is COc1ccc(F)cc1S(=O)(=O)N[C@H](C)Cc1csc2ccccc12. The number of sulfonamides is 1. The van der Waals surface area contributed by atoms with Gasteiger partial charge in [-0.3, -0.25) is 0 Å². The van der Waals surface area contributed by atoms with E-state index in [2.05, 4.69) is 4.72 Å². The predicted octanol–water partition coefficient (Wildman–Crippen LogP) is 3.96. The van der Waals surface area contributed by atoms with Crippen LogP contribution in [-0.2, 0) is 16.4 Å². The lowest BCUT2D eigenvalue weighted by molar-refractivity contribution is 0.400. The highest BCUT2D eigenvalue weighted by Gasteiger charge is 2.23. The molecule has 0 fully saturated rings. The molecule has 0 aliphatic rings. The minimum absolute atomic E-state index is 0.113. The first-order valence-corrected chi connectivity index (χ1v) is 10.1. The van der Waals surface area contributed by atoms with Gasteiger partial charge in [-0.1, -0.05) is 18.2 Å². The van der Waals surface area contributed by atoms with Crippen molar-refractivity contribution in [2.24, 2.45) is 0 Å². The fraction of sp³-hybridized carbons (Fsp3) is 0.222. The smallest absolute Gasteiger partial charge is 0.244 e. The number of fused-ring (bicyclic) bond motifs is 1. The van der Waals surface area contributed by atoms with Crippen LogP contribution in [0.3, 0.4) is 0 Å². The summed E-state index contributed by atoms with van der Waals surface area (Å²) in [7, 11) is -2.54. The average Bonchev–Trinajstić information content (AvgIpc) is 2.97. The molecule has 0 saturated carbocycles. The van der Waals surface area contributed by atoms with E-state index < -0.39 is 15.8 Å². The maximum Gasteiger partial charge on any atom is 0.244 e. The van der Waals surface area contributed by atoms with Gasteiger partial charge >= 0.3 is 0 Å². The number of thiophene rings is 1. The van der Waals surface area contributed by atoms with Gasteiger partial charge in [0.05, 0.1) is 7.11 Å². The fourth-order valence-electron chi connectivity index (χ4n) is 2.75. The summed E-state index contributed by atoms with van der Waals surface area (Å²) >= 11 is 1.63. The van der Waals surface area contributed by atoms with Crippen molar-refractivity contribution in [2.45, 2.75) is 24.3 Å². The molecule has 0 saturated heterocycles. The van der Waals surface area contributed by atoms with E-state index in [9.17, 15) is 12.8 Å². The number of ether oxygens (including phenoxy) is 1. The summed E-state index contributed by atoms with van der Waals surface area (Å²) in [4.78, 5) is -0.197. The summed E-state index contributed by atoms with van der Waals surface area (Å²) in [5, 5.41) is 3.17. The maximum absolute atomic E-state index is 13.5. The van der Waals surface area contributed by atoms with Gasteiger partial charge in [-0.2, -0.15) is 0 Å². The molecule has 0 aliphatic carbocycles. The van der Waals surface area contributed by atoms with Crippen LogP contribution < -0.4 is 9.46 Å². The average molecular weight is 379 g/mol. The van der Waals surface area contributed by atoms with Crippen LogP contribution in [0.2, 0.25) is 0 Å². The molecule has 2 aromatic carbocycles. The molecule has 7 heteroatoms. The highest BCUT2D eigenvalue weighted by Crippen LogP contribution is 2.28. The van der Waals surface area contributed by atoms with E-state index in [0.29, 0.717) is 6.42 Å². The van der Waals surface area contributed by atoms with Crippen LogP contribution in [0.5, 0.6) is 5.75 Å². The van der Waals surface area contributed by atoms with E-state index in [1.807, 2.05) is 29.6 Å². The van der Waals surface area contributed by atoms with Gasteiger partial charge in [0.25, 0.3) is 0 Å². The zero-order valence-corrected chi connectivity index (χ0v) is 15.5. The van der Waals surface area contributed by atoms with Gasteiger partial charge < -0.3 is 4.74 Å². The van der Waals surface area contributed by atoms with E-state index in [1.165, 1.54) is 23.9 Å². The van der Waals surface area contributed by atoms with Crippen molar-refractivity contribution in [1.82, 2.24) is 4.72 Å². The molecule has 25 heavy (non-hydrogen) atoms. The quantitative estimate of drug-likeness (QED) is 0.705. The van der Waals surface area contributed by atoms with Crippen LogP contribution in [0.4, 0.5) is 4.39 Å². The van der Waals surface area contributed by atoms with Crippen LogP contribution in [-0.4, -0.2) is 21.6 Å². The Balaban J connectivity index is 1.82. The molecule has 0 bridgehead atoms. The first-order valence-electron chi connectivity index (χ1n) is 7.71. The molecule has 1 N–H and O–H groups in total. The Labute approximate surface area is 150 Å². The lowest BCUT2D eigenvalue weighted by atomic mass is 10.1. The Hall–Kier alpha value is -1.96. The fourth-order valence-corrected chi connectivity index (χ4v) is 5.15. The van der Waals surface area contributed by atoms with E-state index in [1.54, 1.807) is 18.3 Å². The Morgan fingerprint density at radius 1 is 1.24 bits per heavy atom. The summed E-state index contributed by atoms with van der Waals surface area (Å²) in [5.41, 5.74) is 1.09. The zero-order chi connectivity index (χ0) is 18.0. The van der Waals surface area contributed by atoms with Gasteiger partial charge in [-0.15, -0.1) is 11.3 Å². The molecular weight excluding hydrogens is 361 g/mol. The normalized spacial score (nSPS) is 13.1. The summed E-state index contributed by atoms with van der Waals surface area (Å²) in [6.07, 6.45) is 0.543. The predicted molar refractivity (Wildman–Crippen MR) is 98.3 cm³/mol. The summed E-state index contributed by atoms with van der Waals surface area (Å²) in [6.45, 7) is 1.79. The lowest BCUT2D eigenvalue weighted by Crippen LogP contribution is -2.34. The molecule has 0 amide bonds. The molecule has 0 radical (unpaired) electrons. The van der Waals surface area contributed by atoms with Crippen LogP contribution in [0, 0.1) is 5.82 Å². The van der Waals surface area contributed by atoms with Gasteiger partial charge in [-0.25, -0.2) is 17.5 Å². The number of nitrogens with one attached hydrogen (secondary N) is 1. The van der Waals surface area contributed by atoms with Crippen molar-refractivity contribution in [3.8, 4) is 5.75 Å². The van der Waals surface area contributed by atoms with Crippen molar-refractivity contribution in [3.63, 3.8) is 0 Å². The number of benzene rings is 2. The standard InChI is InChI=1S/C18H18FNO3S2/c1-12(9-13-11-24-17-6-4-3-5-15(13)17)20-25(21,22)18-10-14(19)7-8-16(18)23-2/h3-8,10-12,20H,9H2,1-2H3/t12-/m1/s1. The lowest BCUT2D eigenvalue weighted by Gasteiger charge is -2.16. The highest BCUT2D eigenvalue weighted by atomic mass is 32.2. The number of hydrogen-bond acceptors (Lipinski definition) is 4. The monoisotopic (exact) mass is 379 g/mol. The van der Waals surface area contributed by atoms with Crippen molar-refractivity contribution < 1.29 is 17.5 Å². The molecule has 0 aliphatic heterocycles. The van der Waals surface area contributed by atoms with E-state index in [-0.39, 0.29) is 16.7 Å². The number of halogens is 1. The second kappa shape index (κ2) is 7.11. The molecule has 1 aromatic heterocycles. The number of hydrogen-bond donors (Lipinski definition) is 1. The minimum atomic E-state index is -3.89. The molecular formula is C18H18FNO3S2. The molecule has 1 atom stereocenters. The first kappa shape index (κ1) is 17.8. The molecule has 3 aromatic rings. The second-order valence-electron chi connectivity index (χ2n) is 5.78. The molecule has 4 nitrogen and oxygen atoms in total. The molecule has 0 spiro atoms. The molecule has 3 rings (SSSR count). The van der Waals surface area contributed by atoms with Crippen LogP contribution in [0.1, 0.15) is 12.5 Å². The van der Waals surface area contributed by atoms with Crippen molar-refractivity contribution >= 4 is 31.4 Å². The largest absolute Gasteiger partial charge is 0.495 e.